The molecule has 1 aromatic carbocycles. The number of hydrogen-bond donors (Lipinski definition) is 2. The molecule has 0 aromatic heterocycles. The van der Waals surface area contributed by atoms with Gasteiger partial charge in [-0.3, -0.25) is 4.79 Å². The molecule has 0 unspecified atom stereocenters. The van der Waals surface area contributed by atoms with Crippen molar-refractivity contribution in [3.8, 4) is 5.75 Å². The molecule has 0 bridgehead atoms. The number of Topliss-reactive ketones (excluding diaryl/α,β-unsaturated/α-hetero) is 1. The number of allylic oxidation sites excluding steroid dienone is 1. The summed E-state index contributed by atoms with van der Waals surface area (Å²) in [6, 6.07) is 2.31. The zero-order chi connectivity index (χ0) is 15.4. The van der Waals surface area contributed by atoms with E-state index in [1.165, 1.54) is 13.0 Å². The second-order valence-corrected chi connectivity index (χ2v) is 4.02. The summed E-state index contributed by atoms with van der Waals surface area (Å²) in [5.41, 5.74) is -0.780. The van der Waals surface area contributed by atoms with Crippen LogP contribution >= 0.6 is 0 Å². The van der Waals surface area contributed by atoms with Gasteiger partial charge in [0.25, 0.3) is 0 Å². The molecule has 0 aliphatic rings. The van der Waals surface area contributed by atoms with Gasteiger partial charge in [-0.1, -0.05) is 6.58 Å². The lowest BCUT2D eigenvalue weighted by atomic mass is 9.97. The van der Waals surface area contributed by atoms with E-state index in [1.807, 2.05) is 0 Å². The number of carbonyl (C=O) groups excluding carboxylic acids is 1. The highest BCUT2D eigenvalue weighted by Gasteiger charge is 2.26. The van der Waals surface area contributed by atoms with Crippen molar-refractivity contribution in [2.24, 2.45) is 0 Å². The molecule has 20 heavy (non-hydrogen) atoms. The second-order valence-electron chi connectivity index (χ2n) is 4.02. The van der Waals surface area contributed by atoms with Crippen LogP contribution in [0.3, 0.4) is 0 Å². The normalized spacial score (nSPS) is 9.90. The number of carboxylic acids is 2. The van der Waals surface area contributed by atoms with Gasteiger partial charge in [-0.05, 0) is 31.6 Å². The van der Waals surface area contributed by atoms with Crippen LogP contribution < -0.4 is 4.74 Å². The fourth-order valence-corrected chi connectivity index (χ4v) is 1.68. The van der Waals surface area contributed by atoms with E-state index in [0.29, 0.717) is 0 Å². The summed E-state index contributed by atoms with van der Waals surface area (Å²) in [7, 11) is 0. The summed E-state index contributed by atoms with van der Waals surface area (Å²) in [4.78, 5) is 34.3. The van der Waals surface area contributed by atoms with E-state index in [2.05, 4.69) is 6.58 Å². The molecule has 0 fully saturated rings. The van der Waals surface area contributed by atoms with Gasteiger partial charge in [-0.2, -0.15) is 0 Å². The summed E-state index contributed by atoms with van der Waals surface area (Å²) in [5.74, 6) is -3.61. The van der Waals surface area contributed by atoms with Gasteiger partial charge in [0.15, 0.2) is 5.78 Å². The Kier molecular flexibility index (Phi) is 4.63. The number of benzene rings is 1. The number of carboxylic acid groups (broad SMARTS) is 2. The van der Waals surface area contributed by atoms with E-state index in [0.717, 1.165) is 6.07 Å². The van der Waals surface area contributed by atoms with Gasteiger partial charge in [0.2, 0.25) is 0 Å². The predicted molar refractivity (Wildman–Crippen MR) is 70.7 cm³/mol. The van der Waals surface area contributed by atoms with Crippen LogP contribution in [0.4, 0.5) is 0 Å². The monoisotopic (exact) mass is 278 g/mol. The molecule has 0 aliphatic heterocycles. The minimum atomic E-state index is -1.47. The van der Waals surface area contributed by atoms with Gasteiger partial charge >= 0.3 is 11.9 Å². The third-order valence-corrected chi connectivity index (χ3v) is 2.52. The van der Waals surface area contributed by atoms with Gasteiger partial charge in [-0.15, -0.1) is 0 Å². The summed E-state index contributed by atoms with van der Waals surface area (Å²) < 4.78 is 5.19. The fraction of sp³-hybridized carbons (Fsp3) is 0.214. The standard InChI is InChI=1S/C14H14O6/c1-4-20-12-9(11(15)7(2)3)6-5-8(13(16)17)10(12)14(18)19/h5-6H,2,4H2,1,3H3,(H,16,17)(H,18,19). The van der Waals surface area contributed by atoms with Crippen molar-refractivity contribution in [3.63, 3.8) is 0 Å². The first-order valence-corrected chi connectivity index (χ1v) is 5.77. The molecule has 0 radical (unpaired) electrons. The van der Waals surface area contributed by atoms with Crippen molar-refractivity contribution < 1.29 is 29.3 Å². The molecule has 2 N–H and O–H groups in total. The highest BCUT2D eigenvalue weighted by Crippen LogP contribution is 2.29. The van der Waals surface area contributed by atoms with E-state index >= 15 is 0 Å². The minimum absolute atomic E-state index is 0.0123. The number of ether oxygens (including phenoxy) is 1. The van der Waals surface area contributed by atoms with Crippen molar-refractivity contribution >= 4 is 17.7 Å². The minimum Gasteiger partial charge on any atom is -0.492 e. The molecule has 0 amide bonds. The smallest absolute Gasteiger partial charge is 0.340 e. The maximum atomic E-state index is 12.0. The quantitative estimate of drug-likeness (QED) is 0.611. The Hall–Kier alpha value is -2.63. The number of carbonyl (C=O) groups is 3. The first-order valence-electron chi connectivity index (χ1n) is 5.77. The molecular weight excluding hydrogens is 264 g/mol. The zero-order valence-electron chi connectivity index (χ0n) is 11.1. The third kappa shape index (κ3) is 2.85. The zero-order valence-corrected chi connectivity index (χ0v) is 11.1. The lowest BCUT2D eigenvalue weighted by Gasteiger charge is -2.14. The molecule has 0 atom stereocenters. The van der Waals surface area contributed by atoms with Crippen molar-refractivity contribution in [3.05, 3.63) is 41.0 Å². The molecule has 1 aromatic rings. The van der Waals surface area contributed by atoms with Gasteiger partial charge in [0, 0.05) is 0 Å². The van der Waals surface area contributed by atoms with Crippen molar-refractivity contribution in [1.29, 1.82) is 0 Å². The van der Waals surface area contributed by atoms with Crippen molar-refractivity contribution in [2.45, 2.75) is 13.8 Å². The van der Waals surface area contributed by atoms with Crippen LogP contribution in [-0.4, -0.2) is 34.5 Å². The number of aromatic carboxylic acids is 2. The first kappa shape index (κ1) is 15.4. The molecule has 6 nitrogen and oxygen atoms in total. The SMILES string of the molecule is C=C(C)C(=O)c1ccc(C(=O)O)c(C(=O)O)c1OCC. The molecule has 1 rings (SSSR count). The van der Waals surface area contributed by atoms with E-state index in [9.17, 15) is 19.5 Å². The molecule has 0 saturated heterocycles. The molecule has 6 heteroatoms. The van der Waals surface area contributed by atoms with E-state index < -0.39 is 28.8 Å². The Bertz CT molecular complexity index is 600. The number of ketones is 1. The maximum absolute atomic E-state index is 12.0. The highest BCUT2D eigenvalue weighted by atomic mass is 16.5. The Balaban J connectivity index is 3.68. The summed E-state index contributed by atoms with van der Waals surface area (Å²) in [6.45, 7) is 6.67. The van der Waals surface area contributed by atoms with Crippen LogP contribution in [0.25, 0.3) is 0 Å². The summed E-state index contributed by atoms with van der Waals surface area (Å²) >= 11 is 0. The van der Waals surface area contributed by atoms with E-state index in [1.54, 1.807) is 6.92 Å². The van der Waals surface area contributed by atoms with Crippen LogP contribution in [0.15, 0.2) is 24.3 Å². The van der Waals surface area contributed by atoms with Crippen LogP contribution in [-0.2, 0) is 0 Å². The lowest BCUT2D eigenvalue weighted by Crippen LogP contribution is -2.15. The third-order valence-electron chi connectivity index (χ3n) is 2.52. The Morgan fingerprint density at radius 3 is 2.10 bits per heavy atom. The molecule has 0 heterocycles. The van der Waals surface area contributed by atoms with Gasteiger partial charge < -0.3 is 14.9 Å². The predicted octanol–water partition coefficient (Wildman–Crippen LogP) is 2.24. The van der Waals surface area contributed by atoms with Crippen LogP contribution in [0.5, 0.6) is 5.75 Å². The highest BCUT2D eigenvalue weighted by molar-refractivity contribution is 6.13. The van der Waals surface area contributed by atoms with Gasteiger partial charge in [0.1, 0.15) is 11.3 Å². The van der Waals surface area contributed by atoms with Gasteiger partial charge in [0.05, 0.1) is 17.7 Å². The summed E-state index contributed by atoms with van der Waals surface area (Å²) in [5, 5.41) is 18.2. The van der Waals surface area contributed by atoms with E-state index in [-0.39, 0.29) is 23.5 Å². The second kappa shape index (κ2) is 6.01. The van der Waals surface area contributed by atoms with Crippen LogP contribution in [0.1, 0.15) is 44.9 Å². The maximum Gasteiger partial charge on any atom is 0.340 e. The number of hydrogen-bond acceptors (Lipinski definition) is 4. The first-order chi connectivity index (χ1) is 9.31. The fourth-order valence-electron chi connectivity index (χ4n) is 1.68. The van der Waals surface area contributed by atoms with Crippen molar-refractivity contribution in [1.82, 2.24) is 0 Å². The van der Waals surface area contributed by atoms with Crippen molar-refractivity contribution in [2.75, 3.05) is 6.61 Å². The average Bonchev–Trinajstić information content (AvgIpc) is 2.37. The summed E-state index contributed by atoms with van der Waals surface area (Å²) in [6.07, 6.45) is 0. The van der Waals surface area contributed by atoms with Crippen LogP contribution in [0.2, 0.25) is 0 Å². The lowest BCUT2D eigenvalue weighted by molar-refractivity contribution is 0.0647. The Morgan fingerprint density at radius 1 is 1.15 bits per heavy atom. The Morgan fingerprint density at radius 2 is 1.70 bits per heavy atom. The molecule has 106 valence electrons. The van der Waals surface area contributed by atoms with Crippen LogP contribution in [0, 0.1) is 0 Å². The topological polar surface area (TPSA) is 101 Å². The number of rotatable bonds is 6. The largest absolute Gasteiger partial charge is 0.492 e. The molecule has 0 spiro atoms. The van der Waals surface area contributed by atoms with Gasteiger partial charge in [-0.25, -0.2) is 9.59 Å². The molecule has 0 saturated carbocycles. The molecular formula is C14H14O6. The van der Waals surface area contributed by atoms with E-state index in [4.69, 9.17) is 9.84 Å². The average molecular weight is 278 g/mol. The Labute approximate surface area is 115 Å². The molecule has 0 aliphatic carbocycles.